The van der Waals surface area contributed by atoms with Crippen LogP contribution >= 0.6 is 0 Å². The zero-order valence-corrected chi connectivity index (χ0v) is 13.0. The van der Waals surface area contributed by atoms with Gasteiger partial charge in [0, 0.05) is 17.8 Å². The Morgan fingerprint density at radius 3 is 2.73 bits per heavy atom. The Balaban J connectivity index is 1.82. The highest BCUT2D eigenvalue weighted by Crippen LogP contribution is 2.40. The normalized spacial score (nSPS) is 21.6. The fourth-order valence-corrected chi connectivity index (χ4v) is 3.21. The number of aromatic nitrogens is 3. The van der Waals surface area contributed by atoms with E-state index < -0.39 is 11.6 Å². The maximum absolute atomic E-state index is 11.5. The highest BCUT2D eigenvalue weighted by atomic mass is 16.4. The average Bonchev–Trinajstić information content (AvgIpc) is 2.69. The molecule has 0 aromatic carbocycles. The van der Waals surface area contributed by atoms with Crippen molar-refractivity contribution in [3.05, 3.63) is 18.3 Å². The van der Waals surface area contributed by atoms with E-state index in [1.807, 2.05) is 37.6 Å². The molecule has 3 rings (SSSR count). The average molecular weight is 303 g/mol. The van der Waals surface area contributed by atoms with E-state index in [9.17, 15) is 9.90 Å². The van der Waals surface area contributed by atoms with Crippen molar-refractivity contribution >= 4 is 22.9 Å². The van der Waals surface area contributed by atoms with E-state index in [4.69, 9.17) is 5.73 Å². The molecule has 0 radical (unpaired) electrons. The van der Waals surface area contributed by atoms with Gasteiger partial charge in [-0.05, 0) is 45.7 Å². The zero-order valence-electron chi connectivity index (χ0n) is 13.0. The summed E-state index contributed by atoms with van der Waals surface area (Å²) in [6, 6.07) is 3.88. The van der Waals surface area contributed by atoms with Crippen molar-refractivity contribution in [3.63, 3.8) is 0 Å². The molecule has 0 bridgehead atoms. The largest absolute Gasteiger partial charge is 0.465 e. The molecule has 1 aliphatic rings. The molecule has 1 aliphatic carbocycles. The van der Waals surface area contributed by atoms with E-state index in [1.54, 1.807) is 6.20 Å². The van der Waals surface area contributed by atoms with E-state index in [2.05, 4.69) is 10.1 Å². The molecule has 1 saturated carbocycles. The fraction of sp³-hybridized carbons (Fsp3) is 0.533. The lowest BCUT2D eigenvalue weighted by atomic mass is 9.83. The Kier molecular flexibility index (Phi) is 3.23. The van der Waals surface area contributed by atoms with E-state index in [0.717, 1.165) is 23.9 Å². The first kappa shape index (κ1) is 14.6. The fourth-order valence-electron chi connectivity index (χ4n) is 3.21. The van der Waals surface area contributed by atoms with Crippen LogP contribution in [0.1, 0.15) is 39.7 Å². The molecule has 0 unspecified atom stereocenters. The third kappa shape index (κ3) is 2.26. The zero-order chi connectivity index (χ0) is 16.1. The molecule has 0 aliphatic heterocycles. The Morgan fingerprint density at radius 1 is 1.45 bits per heavy atom. The van der Waals surface area contributed by atoms with Crippen LogP contribution in [0.25, 0.3) is 11.0 Å². The van der Waals surface area contributed by atoms with Gasteiger partial charge in [0.15, 0.2) is 11.5 Å². The molecule has 0 atom stereocenters. The predicted octanol–water partition coefficient (Wildman–Crippen LogP) is 2.50. The number of pyridine rings is 1. The minimum atomic E-state index is -0.876. The second-order valence-electron chi connectivity index (χ2n) is 6.81. The molecule has 3 N–H and O–H groups in total. The van der Waals surface area contributed by atoms with Crippen LogP contribution in [0.15, 0.2) is 18.3 Å². The number of carboxylic acid groups (broad SMARTS) is 1. The predicted molar refractivity (Wildman–Crippen MR) is 83.6 cm³/mol. The van der Waals surface area contributed by atoms with Gasteiger partial charge in [-0.3, -0.25) is 0 Å². The molecule has 0 spiro atoms. The Bertz CT molecular complexity index is 712. The third-order valence-corrected chi connectivity index (χ3v) is 4.22. The second kappa shape index (κ2) is 4.86. The number of nitrogens with zero attached hydrogens (tertiary/aromatic N) is 4. The summed E-state index contributed by atoms with van der Waals surface area (Å²) in [4.78, 5) is 17.4. The van der Waals surface area contributed by atoms with E-state index in [0.29, 0.717) is 5.82 Å². The van der Waals surface area contributed by atoms with E-state index in [1.165, 1.54) is 4.90 Å². The van der Waals surface area contributed by atoms with Gasteiger partial charge in [-0.15, -0.1) is 0 Å². The van der Waals surface area contributed by atoms with Crippen molar-refractivity contribution in [1.82, 2.24) is 19.7 Å². The van der Waals surface area contributed by atoms with Crippen LogP contribution in [-0.2, 0) is 0 Å². The van der Waals surface area contributed by atoms with Crippen LogP contribution in [0.5, 0.6) is 0 Å². The Labute approximate surface area is 128 Å². The van der Waals surface area contributed by atoms with Crippen LogP contribution < -0.4 is 5.73 Å². The number of carbonyl (C=O) groups is 1. The van der Waals surface area contributed by atoms with Gasteiger partial charge in [-0.1, -0.05) is 0 Å². The minimum absolute atomic E-state index is 0.00619. The van der Waals surface area contributed by atoms with E-state index >= 15 is 0 Å². The summed E-state index contributed by atoms with van der Waals surface area (Å²) < 4.78 is 1.84. The Hall–Kier alpha value is -2.31. The molecule has 118 valence electrons. The van der Waals surface area contributed by atoms with E-state index in [-0.39, 0.29) is 12.1 Å². The maximum atomic E-state index is 11.5. The minimum Gasteiger partial charge on any atom is -0.465 e. The van der Waals surface area contributed by atoms with Gasteiger partial charge in [0.2, 0.25) is 0 Å². The molecule has 2 heterocycles. The number of hydrogen-bond acceptors (Lipinski definition) is 4. The summed E-state index contributed by atoms with van der Waals surface area (Å²) >= 11 is 0. The van der Waals surface area contributed by atoms with Crippen LogP contribution in [0.3, 0.4) is 0 Å². The van der Waals surface area contributed by atoms with Gasteiger partial charge in [-0.2, -0.15) is 5.10 Å². The molecule has 2 aromatic heterocycles. The summed E-state index contributed by atoms with van der Waals surface area (Å²) in [7, 11) is 0. The highest BCUT2D eigenvalue weighted by molar-refractivity contribution is 5.86. The van der Waals surface area contributed by atoms with Crippen LogP contribution in [-0.4, -0.2) is 42.4 Å². The van der Waals surface area contributed by atoms with Crippen molar-refractivity contribution in [1.29, 1.82) is 0 Å². The summed E-state index contributed by atoms with van der Waals surface area (Å²) in [5, 5.41) is 14.7. The monoisotopic (exact) mass is 303 g/mol. The molecule has 0 saturated heterocycles. The lowest BCUT2D eigenvalue weighted by Gasteiger charge is -2.47. The van der Waals surface area contributed by atoms with Gasteiger partial charge in [0.1, 0.15) is 0 Å². The van der Waals surface area contributed by atoms with Crippen molar-refractivity contribution in [2.75, 3.05) is 5.73 Å². The standard InChI is InChI=1S/C15H21N5O2/c1-15(2,3)19(14(21)22)9-7-10(8-9)20-13-11(12(16)18-20)5-4-6-17-13/h4-6,9-10H,7-8H2,1-3H3,(H2,16,18)(H,21,22)/t9-,10-. The van der Waals surface area contributed by atoms with Gasteiger partial charge in [0.05, 0.1) is 11.4 Å². The number of fused-ring (bicyclic) bond motifs is 1. The number of nitrogen functional groups attached to an aromatic ring is 1. The number of hydrogen-bond donors (Lipinski definition) is 2. The smallest absolute Gasteiger partial charge is 0.407 e. The van der Waals surface area contributed by atoms with Gasteiger partial charge in [-0.25, -0.2) is 14.5 Å². The summed E-state index contributed by atoms with van der Waals surface area (Å²) in [6.07, 6.45) is 2.31. The summed E-state index contributed by atoms with van der Waals surface area (Å²) in [5.74, 6) is 0.470. The quantitative estimate of drug-likeness (QED) is 0.888. The summed E-state index contributed by atoms with van der Waals surface area (Å²) in [5.41, 5.74) is 6.28. The SMILES string of the molecule is CC(C)(C)N(C(=O)O)[C@H]1C[C@H](n2nc(N)c3cccnc32)C1. The highest BCUT2D eigenvalue weighted by Gasteiger charge is 2.42. The third-order valence-electron chi connectivity index (χ3n) is 4.22. The molecule has 1 fully saturated rings. The first-order valence-corrected chi connectivity index (χ1v) is 7.40. The number of rotatable bonds is 2. The van der Waals surface area contributed by atoms with Gasteiger partial charge in [0.25, 0.3) is 0 Å². The van der Waals surface area contributed by atoms with Crippen LogP contribution in [0.2, 0.25) is 0 Å². The van der Waals surface area contributed by atoms with Crippen molar-refractivity contribution in [3.8, 4) is 0 Å². The number of amides is 1. The Morgan fingerprint density at radius 2 is 2.14 bits per heavy atom. The topological polar surface area (TPSA) is 97.3 Å². The molecule has 7 nitrogen and oxygen atoms in total. The van der Waals surface area contributed by atoms with Crippen molar-refractivity contribution in [2.45, 2.75) is 51.2 Å². The molecule has 2 aromatic rings. The first-order chi connectivity index (χ1) is 10.3. The molecule has 22 heavy (non-hydrogen) atoms. The van der Waals surface area contributed by atoms with Gasteiger partial charge < -0.3 is 15.7 Å². The van der Waals surface area contributed by atoms with Crippen LogP contribution in [0.4, 0.5) is 10.6 Å². The van der Waals surface area contributed by atoms with Crippen molar-refractivity contribution in [2.24, 2.45) is 0 Å². The van der Waals surface area contributed by atoms with Crippen LogP contribution in [0, 0.1) is 0 Å². The maximum Gasteiger partial charge on any atom is 0.407 e. The van der Waals surface area contributed by atoms with Gasteiger partial charge >= 0.3 is 6.09 Å². The lowest BCUT2D eigenvalue weighted by molar-refractivity contribution is 0.0202. The molecular weight excluding hydrogens is 282 g/mol. The lowest BCUT2D eigenvalue weighted by Crippen LogP contribution is -2.56. The molecule has 7 heteroatoms. The summed E-state index contributed by atoms with van der Waals surface area (Å²) in [6.45, 7) is 5.74. The number of nitrogens with two attached hydrogens (primary N) is 1. The van der Waals surface area contributed by atoms with Crippen molar-refractivity contribution < 1.29 is 9.90 Å². The molecule has 1 amide bonds. The second-order valence-corrected chi connectivity index (χ2v) is 6.81. The molecular formula is C15H21N5O2. The number of anilines is 1. The first-order valence-electron chi connectivity index (χ1n) is 7.40.